The lowest BCUT2D eigenvalue weighted by Crippen LogP contribution is -2.37. The van der Waals surface area contributed by atoms with Crippen LogP contribution in [0.15, 0.2) is 29.2 Å². The second-order valence-corrected chi connectivity index (χ2v) is 6.75. The van der Waals surface area contributed by atoms with E-state index >= 15 is 0 Å². The zero-order valence-electron chi connectivity index (χ0n) is 11.2. The summed E-state index contributed by atoms with van der Waals surface area (Å²) in [5, 5.41) is 5.95. The van der Waals surface area contributed by atoms with Gasteiger partial charge in [-0.3, -0.25) is 4.79 Å². The first-order chi connectivity index (χ1) is 9.91. The molecule has 1 aromatic rings. The van der Waals surface area contributed by atoms with E-state index in [4.69, 9.17) is 0 Å². The van der Waals surface area contributed by atoms with Gasteiger partial charge in [0.15, 0.2) is 0 Å². The number of sulfone groups is 1. The van der Waals surface area contributed by atoms with E-state index < -0.39 is 20.5 Å². The summed E-state index contributed by atoms with van der Waals surface area (Å²) < 4.78 is 47.3. The molecule has 0 radical (unpaired) electrons. The van der Waals surface area contributed by atoms with Crippen LogP contribution in [0.4, 0.5) is 8.78 Å². The van der Waals surface area contributed by atoms with Crippen LogP contribution < -0.4 is 10.6 Å². The van der Waals surface area contributed by atoms with Gasteiger partial charge < -0.3 is 10.6 Å². The maximum absolute atomic E-state index is 12.4. The molecule has 1 aliphatic heterocycles. The third-order valence-corrected chi connectivity index (χ3v) is 4.75. The van der Waals surface area contributed by atoms with E-state index in [1.54, 1.807) is 0 Å². The first-order valence-electron chi connectivity index (χ1n) is 6.55. The fraction of sp³-hybridized carbons (Fsp3) is 0.462. The fourth-order valence-corrected chi connectivity index (χ4v) is 2.87. The van der Waals surface area contributed by atoms with Gasteiger partial charge in [-0.1, -0.05) is 0 Å². The smallest absolute Gasteiger partial charge is 0.341 e. The van der Waals surface area contributed by atoms with Crippen molar-refractivity contribution in [2.75, 3.05) is 13.1 Å². The van der Waals surface area contributed by atoms with Gasteiger partial charge >= 0.3 is 5.76 Å². The van der Waals surface area contributed by atoms with E-state index in [1.807, 2.05) is 0 Å². The van der Waals surface area contributed by atoms with Crippen molar-refractivity contribution >= 4 is 15.7 Å². The van der Waals surface area contributed by atoms with Crippen molar-refractivity contribution in [1.82, 2.24) is 10.6 Å². The molecule has 0 aromatic heterocycles. The highest BCUT2D eigenvalue weighted by Gasteiger charge is 2.26. The summed E-state index contributed by atoms with van der Waals surface area (Å²) in [4.78, 5) is 11.4. The number of benzene rings is 1. The second kappa shape index (κ2) is 6.48. The molecule has 1 fully saturated rings. The Morgan fingerprint density at radius 2 is 2.00 bits per heavy atom. The van der Waals surface area contributed by atoms with E-state index in [9.17, 15) is 22.0 Å². The standard InChI is InChI=1S/C13H16F2N2O3S/c14-13(15)21(19,20)11-5-3-9(4-6-11)12(18)17-8-10-2-1-7-16-10/h3-6,10,13,16H,1-2,7-8H2,(H,17,18). The molecule has 2 N–H and O–H groups in total. The highest BCUT2D eigenvalue weighted by molar-refractivity contribution is 7.91. The molecule has 0 aliphatic carbocycles. The molecule has 116 valence electrons. The molecule has 1 aliphatic rings. The summed E-state index contributed by atoms with van der Waals surface area (Å²) in [6, 6.07) is 4.74. The fourth-order valence-electron chi connectivity index (χ4n) is 2.15. The van der Waals surface area contributed by atoms with Crippen molar-refractivity contribution in [1.29, 1.82) is 0 Å². The van der Waals surface area contributed by atoms with Crippen LogP contribution in [0.5, 0.6) is 0 Å². The Hall–Kier alpha value is -1.54. The quantitative estimate of drug-likeness (QED) is 0.854. The van der Waals surface area contributed by atoms with Crippen LogP contribution in [0.2, 0.25) is 0 Å². The summed E-state index contributed by atoms with van der Waals surface area (Å²) in [5.41, 5.74) is 0.237. The van der Waals surface area contributed by atoms with Crippen LogP contribution in [0.3, 0.4) is 0 Å². The highest BCUT2D eigenvalue weighted by Crippen LogP contribution is 2.18. The molecule has 8 heteroatoms. The monoisotopic (exact) mass is 318 g/mol. The molecule has 1 aromatic carbocycles. The van der Waals surface area contributed by atoms with Crippen LogP contribution in [-0.4, -0.2) is 39.2 Å². The van der Waals surface area contributed by atoms with Gasteiger partial charge in [-0.05, 0) is 43.7 Å². The van der Waals surface area contributed by atoms with Crippen LogP contribution in [0.1, 0.15) is 23.2 Å². The van der Waals surface area contributed by atoms with Gasteiger partial charge in [0.25, 0.3) is 5.91 Å². The highest BCUT2D eigenvalue weighted by atomic mass is 32.2. The van der Waals surface area contributed by atoms with Gasteiger partial charge in [-0.15, -0.1) is 0 Å². The number of hydrogen-bond donors (Lipinski definition) is 2. The molecule has 0 spiro atoms. The molecular formula is C13H16F2N2O3S. The number of amides is 1. The van der Waals surface area contributed by atoms with Gasteiger partial charge in [0, 0.05) is 18.2 Å². The number of carbonyl (C=O) groups excluding carboxylic acids is 1. The van der Waals surface area contributed by atoms with Gasteiger partial charge in [-0.25, -0.2) is 8.42 Å². The van der Waals surface area contributed by atoms with Crippen LogP contribution in [-0.2, 0) is 9.84 Å². The second-order valence-electron chi connectivity index (χ2n) is 4.83. The molecule has 2 rings (SSSR count). The minimum atomic E-state index is -4.62. The van der Waals surface area contributed by atoms with E-state index in [-0.39, 0.29) is 17.5 Å². The minimum Gasteiger partial charge on any atom is -0.350 e. The molecule has 1 amide bonds. The summed E-state index contributed by atoms with van der Waals surface area (Å²) in [7, 11) is -4.62. The molecule has 1 unspecified atom stereocenters. The van der Waals surface area contributed by atoms with E-state index in [2.05, 4.69) is 10.6 Å². The first-order valence-corrected chi connectivity index (χ1v) is 8.09. The Balaban J connectivity index is 1.99. The van der Waals surface area contributed by atoms with Crippen LogP contribution in [0, 0.1) is 0 Å². The number of halogens is 2. The maximum atomic E-state index is 12.4. The van der Waals surface area contributed by atoms with Crippen LogP contribution in [0.25, 0.3) is 0 Å². The number of rotatable bonds is 5. The summed E-state index contributed by atoms with van der Waals surface area (Å²) in [6.07, 6.45) is 2.06. The SMILES string of the molecule is O=C(NCC1CCCN1)c1ccc(S(=O)(=O)C(F)F)cc1. The lowest BCUT2D eigenvalue weighted by molar-refractivity contribution is 0.0950. The van der Waals surface area contributed by atoms with E-state index in [0.717, 1.165) is 31.5 Å². The van der Waals surface area contributed by atoms with Gasteiger partial charge in [-0.2, -0.15) is 8.78 Å². The Labute approximate surface area is 121 Å². The van der Waals surface area contributed by atoms with Gasteiger partial charge in [0.2, 0.25) is 9.84 Å². The largest absolute Gasteiger partial charge is 0.350 e. The van der Waals surface area contributed by atoms with Gasteiger partial charge in [0.1, 0.15) is 0 Å². The average molecular weight is 318 g/mol. The predicted molar refractivity (Wildman–Crippen MR) is 73.0 cm³/mol. The lowest BCUT2D eigenvalue weighted by atomic mass is 10.2. The topological polar surface area (TPSA) is 75.3 Å². The molecule has 0 saturated carbocycles. The minimum absolute atomic E-state index is 0.237. The van der Waals surface area contributed by atoms with Crippen molar-refractivity contribution in [3.8, 4) is 0 Å². The molecule has 1 heterocycles. The summed E-state index contributed by atoms with van der Waals surface area (Å²) in [5.74, 6) is -3.82. The van der Waals surface area contributed by atoms with Gasteiger partial charge in [0.05, 0.1) is 4.90 Å². The van der Waals surface area contributed by atoms with Crippen molar-refractivity contribution in [2.45, 2.75) is 29.5 Å². The lowest BCUT2D eigenvalue weighted by Gasteiger charge is -2.11. The van der Waals surface area contributed by atoms with E-state index in [0.29, 0.717) is 6.54 Å². The zero-order chi connectivity index (χ0) is 15.5. The Bertz CT molecular complexity index is 596. The summed E-state index contributed by atoms with van der Waals surface area (Å²) >= 11 is 0. The predicted octanol–water partition coefficient (Wildman–Crippen LogP) is 1.16. The Morgan fingerprint density at radius 3 is 2.52 bits per heavy atom. The number of alkyl halides is 2. The number of hydrogen-bond acceptors (Lipinski definition) is 4. The van der Waals surface area contributed by atoms with Crippen molar-refractivity contribution in [2.24, 2.45) is 0 Å². The number of nitrogens with one attached hydrogen (secondary N) is 2. The Kier molecular flexibility index (Phi) is 4.89. The summed E-state index contributed by atoms with van der Waals surface area (Å²) in [6.45, 7) is 1.41. The van der Waals surface area contributed by atoms with Crippen LogP contribution >= 0.6 is 0 Å². The third kappa shape index (κ3) is 3.76. The molecule has 1 atom stereocenters. The zero-order valence-corrected chi connectivity index (χ0v) is 12.0. The molecule has 1 saturated heterocycles. The average Bonchev–Trinajstić information content (AvgIpc) is 2.98. The van der Waals surface area contributed by atoms with Crippen molar-refractivity contribution < 1.29 is 22.0 Å². The molecule has 21 heavy (non-hydrogen) atoms. The normalized spacial score (nSPS) is 18.9. The third-order valence-electron chi connectivity index (χ3n) is 3.35. The first kappa shape index (κ1) is 15.8. The van der Waals surface area contributed by atoms with Crippen molar-refractivity contribution in [3.63, 3.8) is 0 Å². The van der Waals surface area contributed by atoms with Crippen molar-refractivity contribution in [3.05, 3.63) is 29.8 Å². The van der Waals surface area contributed by atoms with E-state index in [1.165, 1.54) is 12.1 Å². The maximum Gasteiger partial charge on any atom is 0.341 e. The molecule has 5 nitrogen and oxygen atoms in total. The Morgan fingerprint density at radius 1 is 1.33 bits per heavy atom. The molecule has 0 bridgehead atoms. The molecular weight excluding hydrogens is 302 g/mol. The number of carbonyl (C=O) groups is 1.